The molecule has 0 bridgehead atoms. The van der Waals surface area contributed by atoms with E-state index in [-0.39, 0.29) is 5.91 Å². The van der Waals surface area contributed by atoms with Crippen molar-refractivity contribution in [2.75, 3.05) is 13.1 Å². The molecule has 0 aliphatic heterocycles. The van der Waals surface area contributed by atoms with Crippen LogP contribution in [-0.2, 0) is 11.3 Å². The SMILES string of the molecule is N#Cc1cccc(CNC(=O)CNCC2CC2)c1. The number of hydrogen-bond donors (Lipinski definition) is 2. The fourth-order valence-electron chi connectivity index (χ4n) is 1.73. The van der Waals surface area contributed by atoms with Gasteiger partial charge in [0.2, 0.25) is 5.91 Å². The van der Waals surface area contributed by atoms with Crippen molar-refractivity contribution in [3.05, 3.63) is 35.4 Å². The number of nitrogens with one attached hydrogen (secondary N) is 2. The van der Waals surface area contributed by atoms with E-state index in [9.17, 15) is 4.79 Å². The standard InChI is InChI=1S/C14H17N3O/c15-7-12-2-1-3-13(6-12)9-17-14(18)10-16-8-11-4-5-11/h1-3,6,11,16H,4-5,8-10H2,(H,17,18). The van der Waals surface area contributed by atoms with Crippen LogP contribution in [0.2, 0.25) is 0 Å². The number of rotatable bonds is 6. The molecule has 1 aliphatic rings. The number of carbonyl (C=O) groups is 1. The van der Waals surface area contributed by atoms with Crippen LogP contribution in [0.1, 0.15) is 24.0 Å². The Hall–Kier alpha value is -1.86. The number of nitriles is 1. The predicted octanol–water partition coefficient (Wildman–Crippen LogP) is 1.17. The zero-order chi connectivity index (χ0) is 12.8. The molecule has 94 valence electrons. The lowest BCUT2D eigenvalue weighted by atomic mass is 10.1. The second-order valence-electron chi connectivity index (χ2n) is 4.66. The van der Waals surface area contributed by atoms with Crippen LogP contribution in [0.4, 0.5) is 0 Å². The van der Waals surface area contributed by atoms with Crippen LogP contribution in [0, 0.1) is 17.2 Å². The molecule has 1 fully saturated rings. The van der Waals surface area contributed by atoms with Crippen LogP contribution in [0.3, 0.4) is 0 Å². The number of carbonyl (C=O) groups excluding carboxylic acids is 1. The Morgan fingerprint density at radius 2 is 2.28 bits per heavy atom. The highest BCUT2D eigenvalue weighted by Crippen LogP contribution is 2.27. The molecule has 2 rings (SSSR count). The molecule has 1 amide bonds. The first kappa shape index (κ1) is 12.6. The van der Waals surface area contributed by atoms with E-state index >= 15 is 0 Å². The summed E-state index contributed by atoms with van der Waals surface area (Å²) in [4.78, 5) is 11.5. The summed E-state index contributed by atoms with van der Waals surface area (Å²) in [6.45, 7) is 1.78. The second kappa shape index (κ2) is 6.18. The Morgan fingerprint density at radius 3 is 3.00 bits per heavy atom. The average molecular weight is 243 g/mol. The first-order chi connectivity index (χ1) is 8.78. The maximum absolute atomic E-state index is 11.5. The molecule has 1 aromatic carbocycles. The van der Waals surface area contributed by atoms with Crippen molar-refractivity contribution in [1.29, 1.82) is 5.26 Å². The van der Waals surface area contributed by atoms with Crippen LogP contribution in [0.15, 0.2) is 24.3 Å². The summed E-state index contributed by atoms with van der Waals surface area (Å²) >= 11 is 0. The largest absolute Gasteiger partial charge is 0.351 e. The van der Waals surface area contributed by atoms with E-state index in [1.807, 2.05) is 12.1 Å². The minimum atomic E-state index is -0.00184. The Kier molecular flexibility index (Phi) is 4.32. The molecule has 1 saturated carbocycles. The van der Waals surface area contributed by atoms with Gasteiger partial charge in [0.1, 0.15) is 0 Å². The van der Waals surface area contributed by atoms with Gasteiger partial charge < -0.3 is 10.6 Å². The van der Waals surface area contributed by atoms with Crippen molar-refractivity contribution in [2.24, 2.45) is 5.92 Å². The number of nitrogens with zero attached hydrogens (tertiary/aromatic N) is 1. The third-order valence-corrected chi connectivity index (χ3v) is 2.96. The molecule has 0 aromatic heterocycles. The van der Waals surface area contributed by atoms with Crippen LogP contribution in [-0.4, -0.2) is 19.0 Å². The Bertz CT molecular complexity index is 460. The normalized spacial score (nSPS) is 13.9. The molecule has 18 heavy (non-hydrogen) atoms. The topological polar surface area (TPSA) is 64.9 Å². The van der Waals surface area contributed by atoms with Gasteiger partial charge in [0, 0.05) is 6.54 Å². The fraction of sp³-hybridized carbons (Fsp3) is 0.429. The monoisotopic (exact) mass is 243 g/mol. The smallest absolute Gasteiger partial charge is 0.234 e. The van der Waals surface area contributed by atoms with Crippen LogP contribution in [0.25, 0.3) is 0 Å². The molecule has 1 aromatic rings. The molecule has 4 nitrogen and oxygen atoms in total. The van der Waals surface area contributed by atoms with E-state index in [0.29, 0.717) is 18.7 Å². The molecular weight excluding hydrogens is 226 g/mol. The first-order valence-corrected chi connectivity index (χ1v) is 6.24. The van der Waals surface area contributed by atoms with Crippen LogP contribution in [0.5, 0.6) is 0 Å². The summed E-state index contributed by atoms with van der Waals surface area (Å²) in [6.07, 6.45) is 2.57. The zero-order valence-electron chi connectivity index (χ0n) is 10.3. The quantitative estimate of drug-likeness (QED) is 0.788. The summed E-state index contributed by atoms with van der Waals surface area (Å²) in [5.74, 6) is 0.781. The van der Waals surface area contributed by atoms with E-state index in [1.54, 1.807) is 12.1 Å². The maximum Gasteiger partial charge on any atom is 0.234 e. The lowest BCUT2D eigenvalue weighted by molar-refractivity contribution is -0.120. The predicted molar refractivity (Wildman–Crippen MR) is 68.6 cm³/mol. The lowest BCUT2D eigenvalue weighted by Gasteiger charge is -2.06. The van der Waals surface area contributed by atoms with Crippen molar-refractivity contribution in [2.45, 2.75) is 19.4 Å². The van der Waals surface area contributed by atoms with Crippen molar-refractivity contribution < 1.29 is 4.79 Å². The Labute approximate surface area is 107 Å². The van der Waals surface area contributed by atoms with E-state index in [1.165, 1.54) is 12.8 Å². The maximum atomic E-state index is 11.5. The van der Waals surface area contributed by atoms with Gasteiger partial charge in [-0.05, 0) is 43.0 Å². The zero-order valence-corrected chi connectivity index (χ0v) is 10.3. The van der Waals surface area contributed by atoms with Gasteiger partial charge in [-0.1, -0.05) is 12.1 Å². The molecule has 2 N–H and O–H groups in total. The van der Waals surface area contributed by atoms with Gasteiger partial charge in [-0.25, -0.2) is 0 Å². The third-order valence-electron chi connectivity index (χ3n) is 2.96. The average Bonchev–Trinajstić information content (AvgIpc) is 3.21. The van der Waals surface area contributed by atoms with Gasteiger partial charge in [-0.15, -0.1) is 0 Å². The second-order valence-corrected chi connectivity index (χ2v) is 4.66. The lowest BCUT2D eigenvalue weighted by Crippen LogP contribution is -2.34. The molecule has 4 heteroatoms. The summed E-state index contributed by atoms with van der Waals surface area (Å²) in [6, 6.07) is 9.35. The third kappa shape index (κ3) is 4.19. The van der Waals surface area contributed by atoms with E-state index in [2.05, 4.69) is 16.7 Å². The summed E-state index contributed by atoms with van der Waals surface area (Å²) < 4.78 is 0. The van der Waals surface area contributed by atoms with Gasteiger partial charge >= 0.3 is 0 Å². The molecule has 0 atom stereocenters. The van der Waals surface area contributed by atoms with Gasteiger partial charge in [-0.3, -0.25) is 4.79 Å². The highest BCUT2D eigenvalue weighted by molar-refractivity contribution is 5.77. The van der Waals surface area contributed by atoms with Crippen molar-refractivity contribution in [3.8, 4) is 6.07 Å². The molecule has 0 unspecified atom stereocenters. The van der Waals surface area contributed by atoms with Gasteiger partial charge in [0.15, 0.2) is 0 Å². The highest BCUT2D eigenvalue weighted by Gasteiger charge is 2.20. The van der Waals surface area contributed by atoms with Gasteiger partial charge in [0.25, 0.3) is 0 Å². The Balaban J connectivity index is 1.69. The van der Waals surface area contributed by atoms with Crippen molar-refractivity contribution in [1.82, 2.24) is 10.6 Å². The van der Waals surface area contributed by atoms with Gasteiger partial charge in [0.05, 0.1) is 18.2 Å². The molecule has 0 radical (unpaired) electrons. The molecule has 0 saturated heterocycles. The van der Waals surface area contributed by atoms with Gasteiger partial charge in [-0.2, -0.15) is 5.26 Å². The minimum Gasteiger partial charge on any atom is -0.351 e. The number of benzene rings is 1. The van der Waals surface area contributed by atoms with Crippen LogP contribution >= 0.6 is 0 Å². The summed E-state index contributed by atoms with van der Waals surface area (Å²) in [7, 11) is 0. The van der Waals surface area contributed by atoms with E-state index < -0.39 is 0 Å². The molecule has 1 aliphatic carbocycles. The van der Waals surface area contributed by atoms with Crippen molar-refractivity contribution >= 4 is 5.91 Å². The number of hydrogen-bond acceptors (Lipinski definition) is 3. The molecule has 0 spiro atoms. The molecule has 0 heterocycles. The Morgan fingerprint density at radius 1 is 1.44 bits per heavy atom. The van der Waals surface area contributed by atoms with E-state index in [4.69, 9.17) is 5.26 Å². The summed E-state index contributed by atoms with van der Waals surface area (Å²) in [5.41, 5.74) is 1.57. The first-order valence-electron chi connectivity index (χ1n) is 6.24. The van der Waals surface area contributed by atoms with E-state index in [0.717, 1.165) is 18.0 Å². The highest BCUT2D eigenvalue weighted by atomic mass is 16.1. The van der Waals surface area contributed by atoms with Crippen molar-refractivity contribution in [3.63, 3.8) is 0 Å². The fourth-order valence-corrected chi connectivity index (χ4v) is 1.73. The minimum absolute atomic E-state index is 0.00184. The van der Waals surface area contributed by atoms with Crippen LogP contribution < -0.4 is 10.6 Å². The summed E-state index contributed by atoms with van der Waals surface area (Å²) in [5, 5.41) is 14.7. The number of amides is 1. The molecular formula is C14H17N3O.